The second-order valence-electron chi connectivity index (χ2n) is 7.94. The molecule has 0 aliphatic carbocycles. The first-order valence-electron chi connectivity index (χ1n) is 10.5. The maximum absolute atomic E-state index is 12.6. The van der Waals surface area contributed by atoms with Crippen molar-refractivity contribution in [2.45, 2.75) is 18.6 Å². The van der Waals surface area contributed by atoms with Crippen LogP contribution in [0.4, 0.5) is 4.79 Å². The maximum atomic E-state index is 12.6. The van der Waals surface area contributed by atoms with Gasteiger partial charge in [-0.3, -0.25) is 15.0 Å². The SMILES string of the molecule is COCCN1C(N2CCN(CCc3ccccc3)CC2)=NC2C1C(=O)NC(=O)N2C. The van der Waals surface area contributed by atoms with E-state index in [2.05, 4.69) is 39.4 Å². The van der Waals surface area contributed by atoms with E-state index >= 15 is 0 Å². The third kappa shape index (κ3) is 4.13. The van der Waals surface area contributed by atoms with E-state index in [0.29, 0.717) is 13.2 Å². The Hall–Kier alpha value is -2.65. The predicted molar refractivity (Wildman–Crippen MR) is 113 cm³/mol. The molecule has 2 unspecified atom stereocenters. The first kappa shape index (κ1) is 20.6. The second kappa shape index (κ2) is 9.01. The number of methoxy groups -OCH3 is 1. The Balaban J connectivity index is 1.40. The summed E-state index contributed by atoms with van der Waals surface area (Å²) in [6, 6.07) is 9.64. The summed E-state index contributed by atoms with van der Waals surface area (Å²) in [5.41, 5.74) is 1.36. The number of urea groups is 1. The van der Waals surface area contributed by atoms with Gasteiger partial charge in [-0.15, -0.1) is 0 Å². The fourth-order valence-electron chi connectivity index (χ4n) is 4.31. The number of imide groups is 1. The number of rotatable bonds is 6. The van der Waals surface area contributed by atoms with E-state index in [1.165, 1.54) is 10.5 Å². The largest absolute Gasteiger partial charge is 0.383 e. The van der Waals surface area contributed by atoms with Gasteiger partial charge in [-0.05, 0) is 12.0 Å². The monoisotopic (exact) mass is 414 g/mol. The zero-order chi connectivity index (χ0) is 21.1. The van der Waals surface area contributed by atoms with Crippen molar-refractivity contribution >= 4 is 17.9 Å². The number of nitrogens with zero attached hydrogens (tertiary/aromatic N) is 5. The Bertz CT molecular complexity index is 793. The number of hydrogen-bond acceptors (Lipinski definition) is 7. The van der Waals surface area contributed by atoms with E-state index in [1.807, 2.05) is 11.0 Å². The van der Waals surface area contributed by atoms with Crippen molar-refractivity contribution in [3.05, 3.63) is 35.9 Å². The van der Waals surface area contributed by atoms with Crippen molar-refractivity contribution in [2.75, 3.05) is 60.0 Å². The maximum Gasteiger partial charge on any atom is 0.325 e. The van der Waals surface area contributed by atoms with Gasteiger partial charge < -0.3 is 19.4 Å². The van der Waals surface area contributed by atoms with Crippen LogP contribution in [-0.4, -0.2) is 110 Å². The Kier molecular flexibility index (Phi) is 6.19. The Labute approximate surface area is 177 Å². The van der Waals surface area contributed by atoms with Crippen LogP contribution in [0, 0.1) is 0 Å². The number of fused-ring (bicyclic) bond motifs is 1. The van der Waals surface area contributed by atoms with Crippen molar-refractivity contribution in [3.63, 3.8) is 0 Å². The van der Waals surface area contributed by atoms with Crippen molar-refractivity contribution in [1.29, 1.82) is 0 Å². The van der Waals surface area contributed by atoms with Crippen LogP contribution < -0.4 is 5.32 Å². The summed E-state index contributed by atoms with van der Waals surface area (Å²) in [4.78, 5) is 37.6. The average Bonchev–Trinajstić information content (AvgIpc) is 3.16. The van der Waals surface area contributed by atoms with Crippen LogP contribution in [0.5, 0.6) is 0 Å². The van der Waals surface area contributed by atoms with Crippen molar-refractivity contribution in [1.82, 2.24) is 24.9 Å². The van der Waals surface area contributed by atoms with Crippen LogP contribution in [-0.2, 0) is 16.0 Å². The lowest BCUT2D eigenvalue weighted by Gasteiger charge is -2.40. The van der Waals surface area contributed by atoms with Crippen LogP contribution in [0.25, 0.3) is 0 Å². The molecule has 0 saturated carbocycles. The minimum Gasteiger partial charge on any atom is -0.383 e. The third-order valence-electron chi connectivity index (χ3n) is 6.09. The summed E-state index contributed by atoms with van der Waals surface area (Å²) >= 11 is 0. The number of nitrogens with one attached hydrogen (secondary N) is 1. The highest BCUT2D eigenvalue weighted by atomic mass is 16.5. The van der Waals surface area contributed by atoms with Gasteiger partial charge in [0.15, 0.2) is 18.2 Å². The minimum atomic E-state index is -0.506. The summed E-state index contributed by atoms with van der Waals surface area (Å²) in [7, 11) is 3.33. The van der Waals surface area contributed by atoms with Gasteiger partial charge in [0, 0.05) is 53.4 Å². The van der Waals surface area contributed by atoms with Crippen LogP contribution in [0.3, 0.4) is 0 Å². The molecule has 9 heteroatoms. The Morgan fingerprint density at radius 2 is 1.83 bits per heavy atom. The molecule has 3 aliphatic heterocycles. The average molecular weight is 415 g/mol. The van der Waals surface area contributed by atoms with E-state index < -0.39 is 18.2 Å². The number of piperazine rings is 1. The molecule has 2 atom stereocenters. The first-order valence-corrected chi connectivity index (χ1v) is 10.5. The van der Waals surface area contributed by atoms with E-state index in [0.717, 1.165) is 45.1 Å². The molecule has 30 heavy (non-hydrogen) atoms. The van der Waals surface area contributed by atoms with Crippen LogP contribution in [0.1, 0.15) is 5.56 Å². The van der Waals surface area contributed by atoms with Gasteiger partial charge in [0.1, 0.15) is 0 Å². The fraction of sp³-hybridized carbons (Fsp3) is 0.571. The number of aliphatic imine (C=N–C) groups is 1. The topological polar surface area (TPSA) is 80.7 Å². The zero-order valence-electron chi connectivity index (χ0n) is 17.7. The normalized spacial score (nSPS) is 24.7. The molecule has 0 aromatic heterocycles. The molecule has 0 radical (unpaired) electrons. The summed E-state index contributed by atoms with van der Waals surface area (Å²) in [5, 5.41) is 2.44. The van der Waals surface area contributed by atoms with E-state index in [-0.39, 0.29) is 5.91 Å². The quantitative estimate of drug-likeness (QED) is 0.708. The van der Waals surface area contributed by atoms with Crippen molar-refractivity contribution in [2.24, 2.45) is 4.99 Å². The Morgan fingerprint density at radius 1 is 1.10 bits per heavy atom. The second-order valence-corrected chi connectivity index (χ2v) is 7.94. The molecule has 1 N–H and O–H groups in total. The molecule has 0 bridgehead atoms. The predicted octanol–water partition coefficient (Wildman–Crippen LogP) is 0.0410. The van der Waals surface area contributed by atoms with Crippen LogP contribution in [0.2, 0.25) is 0 Å². The number of carbonyl (C=O) groups is 2. The highest BCUT2D eigenvalue weighted by molar-refractivity contribution is 6.03. The van der Waals surface area contributed by atoms with Gasteiger partial charge in [-0.1, -0.05) is 30.3 Å². The summed E-state index contributed by atoms with van der Waals surface area (Å²) in [6.45, 7) is 5.65. The molecule has 0 spiro atoms. The smallest absolute Gasteiger partial charge is 0.325 e. The molecule has 2 saturated heterocycles. The molecule has 1 aromatic carbocycles. The Morgan fingerprint density at radius 3 is 2.53 bits per heavy atom. The van der Waals surface area contributed by atoms with Gasteiger partial charge in [-0.2, -0.15) is 0 Å². The zero-order valence-corrected chi connectivity index (χ0v) is 17.7. The molecule has 3 amide bonds. The lowest BCUT2D eigenvalue weighted by molar-refractivity contribution is -0.127. The van der Waals surface area contributed by atoms with E-state index in [1.54, 1.807) is 14.2 Å². The molecule has 2 fully saturated rings. The van der Waals surface area contributed by atoms with Gasteiger partial charge in [0.05, 0.1) is 6.61 Å². The molecule has 162 valence electrons. The van der Waals surface area contributed by atoms with E-state index in [9.17, 15) is 9.59 Å². The number of amides is 3. The highest BCUT2D eigenvalue weighted by Gasteiger charge is 2.49. The van der Waals surface area contributed by atoms with Gasteiger partial charge >= 0.3 is 6.03 Å². The molecule has 4 rings (SSSR count). The lowest BCUT2D eigenvalue weighted by Crippen LogP contribution is -2.65. The molecule has 3 aliphatic rings. The number of carbonyl (C=O) groups excluding carboxylic acids is 2. The fourth-order valence-corrected chi connectivity index (χ4v) is 4.31. The van der Waals surface area contributed by atoms with E-state index in [4.69, 9.17) is 9.73 Å². The number of hydrogen-bond donors (Lipinski definition) is 1. The molecule has 9 nitrogen and oxygen atoms in total. The summed E-state index contributed by atoms with van der Waals surface area (Å²) in [5.74, 6) is 0.501. The first-order chi connectivity index (χ1) is 14.6. The molecule has 3 heterocycles. The summed E-state index contributed by atoms with van der Waals surface area (Å²) < 4.78 is 5.26. The lowest BCUT2D eigenvalue weighted by atomic mass is 10.1. The number of likely N-dealkylation sites (N-methyl/N-ethyl adjacent to an activating group) is 1. The number of guanidine groups is 1. The van der Waals surface area contributed by atoms with Gasteiger partial charge in [0.25, 0.3) is 5.91 Å². The van der Waals surface area contributed by atoms with Crippen molar-refractivity contribution < 1.29 is 14.3 Å². The number of benzene rings is 1. The van der Waals surface area contributed by atoms with Gasteiger partial charge in [0.2, 0.25) is 0 Å². The minimum absolute atomic E-state index is 0.292. The van der Waals surface area contributed by atoms with Crippen molar-refractivity contribution in [3.8, 4) is 0 Å². The highest BCUT2D eigenvalue weighted by Crippen LogP contribution is 2.25. The van der Waals surface area contributed by atoms with Crippen LogP contribution in [0.15, 0.2) is 35.3 Å². The van der Waals surface area contributed by atoms with Crippen LogP contribution >= 0.6 is 0 Å². The molecular formula is C21H30N6O3. The molecule has 1 aromatic rings. The molecular weight excluding hydrogens is 384 g/mol. The third-order valence-corrected chi connectivity index (χ3v) is 6.09. The standard InChI is InChI=1S/C21H30N6O3/c1-24-18-17(19(28)23-21(24)29)27(14-15-30-2)20(22-18)26-12-10-25(11-13-26)9-8-16-6-4-3-5-7-16/h3-7,17-18H,8-15H2,1-2H3,(H,23,28,29). The summed E-state index contributed by atoms with van der Waals surface area (Å²) in [6.07, 6.45) is 0.549. The van der Waals surface area contributed by atoms with Gasteiger partial charge in [-0.25, -0.2) is 9.79 Å². The number of ether oxygens (including phenoxy) is 1.